The molecular weight excluding hydrogens is 330 g/mol. The monoisotopic (exact) mass is 332 g/mol. The van der Waals surface area contributed by atoms with Gasteiger partial charge in [0, 0.05) is 0 Å². The molecule has 0 saturated heterocycles. The standard InChI is InChI=1S/C6H3Cl2IN2O2/c7-2-1-3(9)6(11(12)13)5(10)4(2)8/h1H,10H2. The van der Waals surface area contributed by atoms with Gasteiger partial charge in [0.2, 0.25) is 0 Å². The van der Waals surface area contributed by atoms with E-state index in [4.69, 9.17) is 28.9 Å². The van der Waals surface area contributed by atoms with Crippen LogP contribution in [0.3, 0.4) is 0 Å². The van der Waals surface area contributed by atoms with Crippen molar-refractivity contribution in [2.75, 3.05) is 5.73 Å². The SMILES string of the molecule is Nc1c(Cl)c(Cl)cc(I)c1[N+](=O)[O-]. The first kappa shape index (κ1) is 10.8. The summed E-state index contributed by atoms with van der Waals surface area (Å²) < 4.78 is 0.370. The molecule has 2 N–H and O–H groups in total. The molecule has 13 heavy (non-hydrogen) atoms. The molecule has 0 aliphatic heterocycles. The summed E-state index contributed by atoms with van der Waals surface area (Å²) in [7, 11) is 0. The van der Waals surface area contributed by atoms with E-state index in [1.54, 1.807) is 22.6 Å². The van der Waals surface area contributed by atoms with Crippen molar-refractivity contribution in [3.8, 4) is 0 Å². The Morgan fingerprint density at radius 3 is 2.54 bits per heavy atom. The number of nitro groups is 1. The largest absolute Gasteiger partial charge is 0.392 e. The van der Waals surface area contributed by atoms with E-state index >= 15 is 0 Å². The van der Waals surface area contributed by atoms with Crippen LogP contribution in [0.1, 0.15) is 0 Å². The second-order valence-electron chi connectivity index (χ2n) is 2.17. The van der Waals surface area contributed by atoms with Gasteiger partial charge in [-0.05, 0) is 28.7 Å². The van der Waals surface area contributed by atoms with Crippen LogP contribution in [0.15, 0.2) is 6.07 Å². The van der Waals surface area contributed by atoms with Gasteiger partial charge in [-0.3, -0.25) is 10.1 Å². The van der Waals surface area contributed by atoms with Gasteiger partial charge in [0.15, 0.2) is 0 Å². The van der Waals surface area contributed by atoms with Gasteiger partial charge < -0.3 is 5.73 Å². The Kier molecular flexibility index (Phi) is 3.20. The summed E-state index contributed by atoms with van der Waals surface area (Å²) in [4.78, 5) is 9.94. The lowest BCUT2D eigenvalue weighted by molar-refractivity contribution is -0.384. The third-order valence-electron chi connectivity index (χ3n) is 1.36. The number of nitrogens with two attached hydrogens (primary N) is 1. The fourth-order valence-electron chi connectivity index (χ4n) is 0.790. The van der Waals surface area contributed by atoms with Crippen molar-refractivity contribution < 1.29 is 4.92 Å². The fourth-order valence-corrected chi connectivity index (χ4v) is 2.13. The van der Waals surface area contributed by atoms with Gasteiger partial charge in [0.1, 0.15) is 5.69 Å². The first-order valence-electron chi connectivity index (χ1n) is 3.02. The Morgan fingerprint density at radius 2 is 2.08 bits per heavy atom. The number of nitro benzene ring substituents is 1. The number of hydrogen-bond acceptors (Lipinski definition) is 3. The molecule has 7 heteroatoms. The van der Waals surface area contributed by atoms with Crippen molar-refractivity contribution in [1.82, 2.24) is 0 Å². The Morgan fingerprint density at radius 1 is 1.54 bits per heavy atom. The lowest BCUT2D eigenvalue weighted by Crippen LogP contribution is -1.99. The van der Waals surface area contributed by atoms with Crippen LogP contribution >= 0.6 is 45.8 Å². The van der Waals surface area contributed by atoms with Gasteiger partial charge in [-0.1, -0.05) is 23.2 Å². The highest BCUT2D eigenvalue weighted by Gasteiger charge is 2.21. The highest BCUT2D eigenvalue weighted by molar-refractivity contribution is 14.1. The molecule has 0 atom stereocenters. The summed E-state index contributed by atoms with van der Waals surface area (Å²) in [6.07, 6.45) is 0. The summed E-state index contributed by atoms with van der Waals surface area (Å²) in [6.45, 7) is 0. The average molecular weight is 333 g/mol. The Balaban J connectivity index is 3.53. The lowest BCUT2D eigenvalue weighted by Gasteiger charge is -2.03. The van der Waals surface area contributed by atoms with E-state index in [1.807, 2.05) is 0 Å². The number of nitrogens with zero attached hydrogens (tertiary/aromatic N) is 1. The minimum absolute atomic E-state index is 0.0220. The summed E-state index contributed by atoms with van der Waals surface area (Å²) in [5.74, 6) is 0. The second kappa shape index (κ2) is 3.85. The Bertz CT molecular complexity index is 383. The molecule has 0 fully saturated rings. The maximum atomic E-state index is 10.5. The number of hydrogen-bond donors (Lipinski definition) is 1. The number of benzene rings is 1. The van der Waals surface area contributed by atoms with Crippen molar-refractivity contribution in [2.45, 2.75) is 0 Å². The van der Waals surface area contributed by atoms with Crippen molar-refractivity contribution in [3.05, 3.63) is 29.8 Å². The second-order valence-corrected chi connectivity index (χ2v) is 4.12. The highest BCUT2D eigenvalue weighted by atomic mass is 127. The van der Waals surface area contributed by atoms with Crippen molar-refractivity contribution >= 4 is 57.2 Å². The zero-order chi connectivity index (χ0) is 10.2. The van der Waals surface area contributed by atoms with Gasteiger partial charge in [-0.2, -0.15) is 0 Å². The van der Waals surface area contributed by atoms with Crippen LogP contribution < -0.4 is 5.73 Å². The molecule has 0 saturated carbocycles. The summed E-state index contributed by atoms with van der Waals surface area (Å²) in [5, 5.41) is 10.8. The van der Waals surface area contributed by atoms with Gasteiger partial charge in [-0.15, -0.1) is 0 Å². The summed E-state index contributed by atoms with van der Waals surface area (Å²) >= 11 is 13.1. The molecule has 0 spiro atoms. The fraction of sp³-hybridized carbons (Fsp3) is 0. The summed E-state index contributed by atoms with van der Waals surface area (Å²) in [5.41, 5.74) is 5.13. The van der Waals surface area contributed by atoms with E-state index in [0.29, 0.717) is 3.57 Å². The Labute approximate surface area is 97.3 Å². The third kappa shape index (κ3) is 1.97. The van der Waals surface area contributed by atoms with E-state index in [-0.39, 0.29) is 21.4 Å². The maximum absolute atomic E-state index is 10.5. The highest BCUT2D eigenvalue weighted by Crippen LogP contribution is 2.38. The molecular formula is C6H3Cl2IN2O2. The van der Waals surface area contributed by atoms with Crippen molar-refractivity contribution in [1.29, 1.82) is 0 Å². The molecule has 1 aromatic rings. The predicted octanol–water partition coefficient (Wildman–Crippen LogP) is 3.09. The van der Waals surface area contributed by atoms with Crippen molar-refractivity contribution in [2.24, 2.45) is 0 Å². The smallest absolute Gasteiger partial charge is 0.306 e. The molecule has 0 amide bonds. The van der Waals surface area contributed by atoms with Crippen LogP contribution in [0.2, 0.25) is 10.0 Å². The summed E-state index contributed by atoms with van der Waals surface area (Å²) in [6, 6.07) is 1.40. The van der Waals surface area contributed by atoms with E-state index < -0.39 is 4.92 Å². The van der Waals surface area contributed by atoms with E-state index in [1.165, 1.54) is 6.07 Å². The molecule has 70 valence electrons. The van der Waals surface area contributed by atoms with Crippen LogP contribution in [0, 0.1) is 13.7 Å². The number of rotatable bonds is 1. The molecule has 1 rings (SSSR count). The molecule has 0 radical (unpaired) electrons. The molecule has 4 nitrogen and oxygen atoms in total. The van der Waals surface area contributed by atoms with Gasteiger partial charge in [-0.25, -0.2) is 0 Å². The zero-order valence-electron chi connectivity index (χ0n) is 6.05. The first-order valence-corrected chi connectivity index (χ1v) is 4.86. The maximum Gasteiger partial charge on any atom is 0.306 e. The van der Waals surface area contributed by atoms with Gasteiger partial charge in [0.25, 0.3) is 0 Å². The Hall–Kier alpha value is -0.270. The van der Waals surface area contributed by atoms with Crippen LogP contribution in [0.4, 0.5) is 11.4 Å². The van der Waals surface area contributed by atoms with Gasteiger partial charge >= 0.3 is 5.69 Å². The topological polar surface area (TPSA) is 69.2 Å². The molecule has 0 aliphatic rings. The predicted molar refractivity (Wildman–Crippen MR) is 60.2 cm³/mol. The molecule has 0 aromatic heterocycles. The number of nitrogen functional groups attached to an aromatic ring is 1. The van der Waals surface area contributed by atoms with E-state index in [0.717, 1.165) is 0 Å². The van der Waals surface area contributed by atoms with Crippen LogP contribution in [-0.4, -0.2) is 4.92 Å². The quantitative estimate of drug-likeness (QED) is 0.282. The zero-order valence-corrected chi connectivity index (χ0v) is 9.72. The number of halogens is 3. The minimum atomic E-state index is -0.584. The molecule has 0 aliphatic carbocycles. The van der Waals surface area contributed by atoms with Crippen LogP contribution in [0.25, 0.3) is 0 Å². The van der Waals surface area contributed by atoms with Crippen LogP contribution in [0.5, 0.6) is 0 Å². The number of anilines is 1. The van der Waals surface area contributed by atoms with Crippen LogP contribution in [-0.2, 0) is 0 Å². The third-order valence-corrected chi connectivity index (χ3v) is 2.99. The molecule has 1 aromatic carbocycles. The van der Waals surface area contributed by atoms with E-state index in [2.05, 4.69) is 0 Å². The lowest BCUT2D eigenvalue weighted by atomic mass is 10.3. The van der Waals surface area contributed by atoms with E-state index in [9.17, 15) is 10.1 Å². The molecule has 0 unspecified atom stereocenters. The molecule has 0 bridgehead atoms. The minimum Gasteiger partial charge on any atom is -0.392 e. The first-order chi connectivity index (χ1) is 5.95. The average Bonchev–Trinajstić information content (AvgIpc) is 1.99. The van der Waals surface area contributed by atoms with Gasteiger partial charge in [0.05, 0.1) is 18.5 Å². The normalized spacial score (nSPS) is 10.1. The van der Waals surface area contributed by atoms with Crippen molar-refractivity contribution in [3.63, 3.8) is 0 Å². The molecule has 0 heterocycles.